The molecule has 1 saturated carbocycles. The molecule has 0 aromatic carbocycles. The summed E-state index contributed by atoms with van der Waals surface area (Å²) in [4.78, 5) is 42.0. The average molecular weight is 841 g/mol. The van der Waals surface area contributed by atoms with Crippen molar-refractivity contribution >= 4 is 48.2 Å². The van der Waals surface area contributed by atoms with Crippen molar-refractivity contribution in [3.63, 3.8) is 0 Å². The summed E-state index contributed by atoms with van der Waals surface area (Å²) in [6, 6.07) is 4.30. The molecule has 57 heavy (non-hydrogen) atoms. The first-order chi connectivity index (χ1) is 27.0. The number of aromatic nitrogens is 2. The van der Waals surface area contributed by atoms with Gasteiger partial charge in [0.05, 0.1) is 0 Å². The van der Waals surface area contributed by atoms with Crippen molar-refractivity contribution in [2.24, 2.45) is 10.8 Å². The van der Waals surface area contributed by atoms with E-state index >= 15 is 0 Å². The topological polar surface area (TPSA) is 200 Å². The Kier molecular flexibility index (Phi) is 13.8. The van der Waals surface area contributed by atoms with Gasteiger partial charge in [-0.1, -0.05) is 12.8 Å². The second-order valence-corrected chi connectivity index (χ2v) is 19.0. The molecule has 0 radical (unpaired) electrons. The Morgan fingerprint density at radius 1 is 0.982 bits per heavy atom. The zero-order valence-electron chi connectivity index (χ0n) is 33.2. The molecule has 4 atom stereocenters. The Labute approximate surface area is 337 Å². The molecule has 17 nitrogen and oxygen atoms in total. The Morgan fingerprint density at radius 2 is 1.58 bits per heavy atom. The minimum atomic E-state index is -4.36. The van der Waals surface area contributed by atoms with Crippen LogP contribution in [0.1, 0.15) is 79.0 Å². The molecule has 2 N–H and O–H groups in total. The maximum absolute atomic E-state index is 12.9. The fourth-order valence-corrected chi connectivity index (χ4v) is 8.40. The van der Waals surface area contributed by atoms with Gasteiger partial charge < -0.3 is 0 Å². The molecule has 0 bridgehead atoms. The third-order valence-electron chi connectivity index (χ3n) is 10.2. The van der Waals surface area contributed by atoms with Crippen molar-refractivity contribution in [3.8, 4) is 6.07 Å². The van der Waals surface area contributed by atoms with E-state index in [0.29, 0.717) is 11.3 Å². The fourth-order valence-electron chi connectivity index (χ4n) is 7.08. The molecule has 1 aliphatic carbocycles. The number of fused-ring (bicyclic) bond motifs is 2. The summed E-state index contributed by atoms with van der Waals surface area (Å²) in [7, 11) is -4.36. The number of carbonyl (C=O) groups excluding carboxylic acids is 2. The van der Waals surface area contributed by atoms with Crippen molar-refractivity contribution in [3.05, 3.63) is 35.1 Å². The van der Waals surface area contributed by atoms with E-state index in [0.717, 1.165) is 31.1 Å². The number of anilines is 1. The number of cyclic esters (lactones) is 2. The number of nitriles is 1. The summed E-state index contributed by atoms with van der Waals surface area (Å²) in [6.07, 6.45) is 6.38. The van der Waals surface area contributed by atoms with Gasteiger partial charge in [0.15, 0.2) is 0 Å². The molecule has 2 aromatic rings. The van der Waals surface area contributed by atoms with Crippen LogP contribution >= 0.6 is 19.5 Å². The molecule has 3 aliphatic heterocycles. The number of nitrogens with zero attached hydrogens (tertiary/aromatic N) is 3. The summed E-state index contributed by atoms with van der Waals surface area (Å²) in [5.74, 6) is -2.22. The number of esters is 2. The standard InChI is InChI=1S/C38H54ClN4O13P/c1-36(2)19-47-15-9-10-16-48-20-37(3,4)35(45)51-22-53-57(46,52-21-50-34(36)44)23-49-18-27-29-30(56-38(5,6)55-29)33(54-27)43-14-13-25-28(41-24-11-7-8-12-24)26(17-40)31(39)42-32(25)43/h9-10,13-14,24,27,29-30,33,46,57H,7-8,11-12,15-16,18-23H2,1-6H3,(H,41,42)/t27-,29-,30-,33-/m1/s1. The van der Waals surface area contributed by atoms with Crippen molar-refractivity contribution in [1.29, 1.82) is 5.26 Å². The first-order valence-corrected chi connectivity index (χ1v) is 21.5. The van der Waals surface area contributed by atoms with Crippen LogP contribution in [0.25, 0.3) is 11.0 Å². The molecule has 4 aliphatic rings. The number of halogens is 1. The molecule has 5 heterocycles. The Balaban J connectivity index is 1.17. The first kappa shape index (κ1) is 43.6. The van der Waals surface area contributed by atoms with Crippen LogP contribution in [-0.2, 0) is 56.5 Å². The van der Waals surface area contributed by atoms with Crippen molar-refractivity contribution < 1.29 is 61.4 Å². The van der Waals surface area contributed by atoms with E-state index < -0.39 is 81.0 Å². The molecule has 2 aromatic heterocycles. The summed E-state index contributed by atoms with van der Waals surface area (Å²) < 4.78 is 60.2. The number of rotatable bonds is 7. The number of hydrogen-bond acceptors (Lipinski definition) is 16. The van der Waals surface area contributed by atoms with Crippen LogP contribution in [0.2, 0.25) is 5.15 Å². The number of nitrogens with one attached hydrogen (secondary N) is 1. The van der Waals surface area contributed by atoms with Gasteiger partial charge in [-0.15, -0.1) is 0 Å². The molecular formula is C38H54ClN4O13P. The van der Waals surface area contributed by atoms with Crippen molar-refractivity contribution in [1.82, 2.24) is 9.55 Å². The number of hydrogen-bond donors (Lipinski definition) is 2. The van der Waals surface area contributed by atoms with Gasteiger partial charge in [-0.25, -0.2) is 0 Å². The third kappa shape index (κ3) is 10.4. The number of carbonyl (C=O) groups is 2. The van der Waals surface area contributed by atoms with Crippen LogP contribution in [0.3, 0.4) is 0 Å². The van der Waals surface area contributed by atoms with Crippen LogP contribution in [0.4, 0.5) is 5.69 Å². The van der Waals surface area contributed by atoms with Crippen molar-refractivity contribution in [2.75, 3.05) is 58.3 Å². The van der Waals surface area contributed by atoms with E-state index in [1.807, 2.05) is 16.8 Å². The SMILES string of the molecule is CC1(C)O[C@@H]2[C@H](O1)[C@@H](COC[PH]1(O)OCOC(=O)C(C)(C)COCC=CCOCC(C)(C)C(=O)OCO1)O[C@H]2n1ccc2c(NC3CCCC3)c(C#N)c(Cl)nc21. The van der Waals surface area contributed by atoms with Gasteiger partial charge >= 0.3 is 307 Å². The first-order valence-electron chi connectivity index (χ1n) is 19.1. The van der Waals surface area contributed by atoms with E-state index in [1.165, 1.54) is 0 Å². The normalized spacial score (nSPS) is 29.0. The molecule has 0 unspecified atom stereocenters. The van der Waals surface area contributed by atoms with E-state index in [-0.39, 0.29) is 49.8 Å². The van der Waals surface area contributed by atoms with E-state index in [2.05, 4.69) is 16.4 Å². The van der Waals surface area contributed by atoms with Gasteiger partial charge in [0.25, 0.3) is 0 Å². The Bertz CT molecular complexity index is 1780. The second-order valence-electron chi connectivity index (χ2n) is 16.4. The van der Waals surface area contributed by atoms with E-state index in [4.69, 9.17) is 58.5 Å². The zero-order chi connectivity index (χ0) is 41.0. The molecular weight excluding hydrogens is 787 g/mol. The molecule has 0 spiro atoms. The van der Waals surface area contributed by atoms with Gasteiger partial charge in [0.2, 0.25) is 0 Å². The van der Waals surface area contributed by atoms with Gasteiger partial charge in [0.1, 0.15) is 0 Å². The molecule has 19 heteroatoms. The summed E-state index contributed by atoms with van der Waals surface area (Å²) >= 11 is 6.60. The zero-order valence-corrected chi connectivity index (χ0v) is 35.0. The summed E-state index contributed by atoms with van der Waals surface area (Å²) in [6.45, 7) is 9.37. The van der Waals surface area contributed by atoms with Gasteiger partial charge in [0, 0.05) is 0 Å². The van der Waals surface area contributed by atoms with Crippen LogP contribution in [0.15, 0.2) is 24.4 Å². The van der Waals surface area contributed by atoms with Crippen LogP contribution in [0.5, 0.6) is 0 Å². The number of pyridine rings is 1. The quantitative estimate of drug-likeness (QED) is 0.153. The molecule has 0 amide bonds. The second kappa shape index (κ2) is 18.1. The minimum absolute atomic E-state index is 0.0577. The maximum atomic E-state index is 12.9. The molecule has 3 fully saturated rings. The van der Waals surface area contributed by atoms with Gasteiger partial charge in [-0.05, 0) is 12.8 Å². The summed E-state index contributed by atoms with van der Waals surface area (Å²) in [5.41, 5.74) is -0.655. The predicted molar refractivity (Wildman–Crippen MR) is 207 cm³/mol. The van der Waals surface area contributed by atoms with Crippen LogP contribution in [-0.4, -0.2) is 109 Å². The average Bonchev–Trinajstić information content (AvgIpc) is 3.94. The van der Waals surface area contributed by atoms with E-state index in [1.54, 1.807) is 53.7 Å². The fraction of sp³-hybridized carbons (Fsp3) is 0.684. The molecule has 6 rings (SSSR count). The van der Waals surface area contributed by atoms with Gasteiger partial charge in [-0.3, -0.25) is 0 Å². The predicted octanol–water partition coefficient (Wildman–Crippen LogP) is 5.48. The monoisotopic (exact) mass is 840 g/mol. The summed E-state index contributed by atoms with van der Waals surface area (Å²) in [5, 5.41) is 14.3. The van der Waals surface area contributed by atoms with Crippen molar-refractivity contribution in [2.45, 2.75) is 104 Å². The molecule has 316 valence electrons. The Morgan fingerprint density at radius 3 is 2.18 bits per heavy atom. The Hall–Kier alpha value is -2.98. The number of ether oxygens (including phenoxy) is 8. The van der Waals surface area contributed by atoms with Gasteiger partial charge in [-0.2, -0.15) is 5.26 Å². The van der Waals surface area contributed by atoms with Crippen LogP contribution < -0.4 is 5.32 Å². The van der Waals surface area contributed by atoms with E-state index in [9.17, 15) is 19.7 Å². The van der Waals surface area contributed by atoms with Crippen LogP contribution in [0, 0.1) is 22.2 Å². The molecule has 2 saturated heterocycles. The third-order valence-corrected chi connectivity index (χ3v) is 12.2.